The number of aromatic nitrogens is 3. The molecular formula is C23H27N5O. The molecule has 1 aromatic heterocycles. The average molecular weight is 390 g/mol. The maximum absolute atomic E-state index is 12.5. The van der Waals surface area contributed by atoms with Gasteiger partial charge >= 0.3 is 0 Å². The Hall–Kier alpha value is -2.99. The summed E-state index contributed by atoms with van der Waals surface area (Å²) in [6.07, 6.45) is 3.44. The molecule has 6 nitrogen and oxygen atoms in total. The van der Waals surface area contributed by atoms with Gasteiger partial charge in [-0.3, -0.25) is 4.79 Å². The van der Waals surface area contributed by atoms with E-state index >= 15 is 0 Å². The standard InChI is InChI=1S/C23H27N5O/c1-17-22(23(29)25-15-13-18-6-5-14-24-16-18)26-27-28(17)21-11-9-20(10-12-21)19-7-3-2-4-8-19/h2-4,7-12,18,24H,5-6,13-16H2,1H3,(H,25,29). The second-order valence-electron chi connectivity index (χ2n) is 7.61. The van der Waals surface area contributed by atoms with Gasteiger partial charge in [0.05, 0.1) is 11.4 Å². The molecule has 2 N–H and O–H groups in total. The van der Waals surface area contributed by atoms with Crippen LogP contribution in [0.1, 0.15) is 35.4 Å². The molecule has 0 saturated carbocycles. The van der Waals surface area contributed by atoms with E-state index in [1.54, 1.807) is 4.68 Å². The van der Waals surface area contributed by atoms with Crippen LogP contribution in [0.5, 0.6) is 0 Å². The number of amides is 1. The van der Waals surface area contributed by atoms with Gasteiger partial charge in [0.15, 0.2) is 5.69 Å². The van der Waals surface area contributed by atoms with E-state index in [4.69, 9.17) is 0 Å². The highest BCUT2D eigenvalue weighted by Gasteiger charge is 2.18. The van der Waals surface area contributed by atoms with Crippen LogP contribution in [0.15, 0.2) is 54.6 Å². The van der Waals surface area contributed by atoms with Crippen molar-refractivity contribution in [3.05, 3.63) is 66.0 Å². The highest BCUT2D eigenvalue weighted by atomic mass is 16.2. The third-order valence-corrected chi connectivity index (χ3v) is 5.57. The first-order chi connectivity index (χ1) is 14.2. The lowest BCUT2D eigenvalue weighted by atomic mass is 9.96. The van der Waals surface area contributed by atoms with E-state index in [9.17, 15) is 4.79 Å². The van der Waals surface area contributed by atoms with Crippen molar-refractivity contribution in [1.82, 2.24) is 25.6 Å². The molecular weight excluding hydrogens is 362 g/mol. The first-order valence-corrected chi connectivity index (χ1v) is 10.3. The summed E-state index contributed by atoms with van der Waals surface area (Å²) >= 11 is 0. The fourth-order valence-corrected chi connectivity index (χ4v) is 3.85. The summed E-state index contributed by atoms with van der Waals surface area (Å²) in [5.41, 5.74) is 4.33. The van der Waals surface area contributed by atoms with Crippen LogP contribution in [0.4, 0.5) is 0 Å². The quantitative estimate of drug-likeness (QED) is 0.678. The molecule has 4 rings (SSSR count). The highest BCUT2D eigenvalue weighted by Crippen LogP contribution is 2.21. The average Bonchev–Trinajstić information content (AvgIpc) is 3.16. The minimum atomic E-state index is -0.154. The molecule has 0 bridgehead atoms. The predicted octanol–water partition coefficient (Wildman–Crippen LogP) is 3.36. The summed E-state index contributed by atoms with van der Waals surface area (Å²) < 4.78 is 1.72. The molecule has 1 atom stereocenters. The van der Waals surface area contributed by atoms with Crippen LogP contribution in [0.2, 0.25) is 0 Å². The van der Waals surface area contributed by atoms with Crippen molar-refractivity contribution in [2.24, 2.45) is 5.92 Å². The SMILES string of the molecule is Cc1c(C(=O)NCCC2CCCNC2)nnn1-c1ccc(-c2ccccc2)cc1. The molecule has 150 valence electrons. The van der Waals surface area contributed by atoms with Crippen LogP contribution in [0.25, 0.3) is 16.8 Å². The van der Waals surface area contributed by atoms with Crippen molar-refractivity contribution in [2.45, 2.75) is 26.2 Å². The molecule has 0 radical (unpaired) electrons. The van der Waals surface area contributed by atoms with E-state index in [2.05, 4.69) is 45.2 Å². The molecule has 1 aliphatic heterocycles. The zero-order chi connectivity index (χ0) is 20.1. The minimum absolute atomic E-state index is 0.154. The van der Waals surface area contributed by atoms with E-state index in [-0.39, 0.29) is 5.91 Å². The Balaban J connectivity index is 1.40. The van der Waals surface area contributed by atoms with Gasteiger partial charge in [-0.25, -0.2) is 4.68 Å². The molecule has 29 heavy (non-hydrogen) atoms. The van der Waals surface area contributed by atoms with Crippen LogP contribution < -0.4 is 10.6 Å². The van der Waals surface area contributed by atoms with Gasteiger partial charge in [0, 0.05) is 6.54 Å². The van der Waals surface area contributed by atoms with Crippen molar-refractivity contribution >= 4 is 5.91 Å². The van der Waals surface area contributed by atoms with Crippen molar-refractivity contribution in [3.8, 4) is 16.8 Å². The topological polar surface area (TPSA) is 71.8 Å². The maximum Gasteiger partial charge on any atom is 0.273 e. The lowest BCUT2D eigenvalue weighted by Crippen LogP contribution is -2.33. The van der Waals surface area contributed by atoms with Crippen LogP contribution in [0, 0.1) is 12.8 Å². The minimum Gasteiger partial charge on any atom is -0.351 e. The maximum atomic E-state index is 12.5. The monoisotopic (exact) mass is 389 g/mol. The first kappa shape index (κ1) is 19.3. The number of carbonyl (C=O) groups excluding carboxylic acids is 1. The molecule has 1 amide bonds. The van der Waals surface area contributed by atoms with Crippen LogP contribution in [-0.4, -0.2) is 40.5 Å². The van der Waals surface area contributed by atoms with E-state index in [0.29, 0.717) is 18.2 Å². The van der Waals surface area contributed by atoms with E-state index in [1.807, 2.05) is 37.3 Å². The third-order valence-electron chi connectivity index (χ3n) is 5.57. The van der Waals surface area contributed by atoms with E-state index < -0.39 is 0 Å². The number of nitrogens with zero attached hydrogens (tertiary/aromatic N) is 3. The van der Waals surface area contributed by atoms with Gasteiger partial charge in [-0.2, -0.15) is 0 Å². The Morgan fingerprint density at radius 1 is 1.14 bits per heavy atom. The number of hydrogen-bond acceptors (Lipinski definition) is 4. The number of carbonyl (C=O) groups is 1. The van der Waals surface area contributed by atoms with Crippen LogP contribution >= 0.6 is 0 Å². The van der Waals surface area contributed by atoms with E-state index in [1.165, 1.54) is 18.4 Å². The highest BCUT2D eigenvalue weighted by molar-refractivity contribution is 5.93. The largest absolute Gasteiger partial charge is 0.351 e. The lowest BCUT2D eigenvalue weighted by Gasteiger charge is -2.22. The molecule has 1 unspecified atom stereocenters. The molecule has 2 aromatic carbocycles. The summed E-state index contributed by atoms with van der Waals surface area (Å²) in [5.74, 6) is 0.488. The number of hydrogen-bond donors (Lipinski definition) is 2. The Labute approximate surface area is 171 Å². The zero-order valence-corrected chi connectivity index (χ0v) is 16.8. The Kier molecular flexibility index (Phi) is 6.00. The number of piperidine rings is 1. The summed E-state index contributed by atoms with van der Waals surface area (Å²) in [4.78, 5) is 12.5. The summed E-state index contributed by atoms with van der Waals surface area (Å²) in [7, 11) is 0. The van der Waals surface area contributed by atoms with Crippen molar-refractivity contribution in [1.29, 1.82) is 0 Å². The predicted molar refractivity (Wildman–Crippen MR) is 114 cm³/mol. The summed E-state index contributed by atoms with van der Waals surface area (Å²) in [5, 5.41) is 14.7. The van der Waals surface area contributed by atoms with Gasteiger partial charge in [-0.15, -0.1) is 5.10 Å². The van der Waals surface area contributed by atoms with Gasteiger partial charge in [-0.1, -0.05) is 47.7 Å². The lowest BCUT2D eigenvalue weighted by molar-refractivity contribution is 0.0945. The second kappa shape index (κ2) is 9.01. The van der Waals surface area contributed by atoms with E-state index in [0.717, 1.165) is 36.5 Å². The molecule has 1 saturated heterocycles. The van der Waals surface area contributed by atoms with Crippen molar-refractivity contribution in [2.75, 3.05) is 19.6 Å². The molecule has 3 aromatic rings. The van der Waals surface area contributed by atoms with Gasteiger partial charge in [0.1, 0.15) is 0 Å². The molecule has 1 fully saturated rings. The van der Waals surface area contributed by atoms with Gasteiger partial charge < -0.3 is 10.6 Å². The fraction of sp³-hybridized carbons (Fsp3) is 0.348. The van der Waals surface area contributed by atoms with Gasteiger partial charge in [0.2, 0.25) is 0 Å². The molecule has 2 heterocycles. The van der Waals surface area contributed by atoms with Crippen molar-refractivity contribution < 1.29 is 4.79 Å². The molecule has 6 heteroatoms. The Morgan fingerprint density at radius 3 is 2.62 bits per heavy atom. The molecule has 0 aliphatic carbocycles. The normalized spacial score (nSPS) is 16.5. The summed E-state index contributed by atoms with van der Waals surface area (Å²) in [6, 6.07) is 18.4. The molecule has 0 spiro atoms. The van der Waals surface area contributed by atoms with Crippen molar-refractivity contribution in [3.63, 3.8) is 0 Å². The Bertz CT molecular complexity index is 943. The Morgan fingerprint density at radius 2 is 1.90 bits per heavy atom. The fourth-order valence-electron chi connectivity index (χ4n) is 3.85. The van der Waals surface area contributed by atoms with Crippen LogP contribution in [0.3, 0.4) is 0 Å². The smallest absolute Gasteiger partial charge is 0.273 e. The van der Waals surface area contributed by atoms with Gasteiger partial charge in [0.25, 0.3) is 5.91 Å². The van der Waals surface area contributed by atoms with Crippen LogP contribution in [-0.2, 0) is 0 Å². The molecule has 1 aliphatic rings. The van der Waals surface area contributed by atoms with Gasteiger partial charge in [-0.05, 0) is 68.5 Å². The number of nitrogens with one attached hydrogen (secondary N) is 2. The number of rotatable bonds is 6. The number of benzene rings is 2. The first-order valence-electron chi connectivity index (χ1n) is 10.3. The summed E-state index contributed by atoms with van der Waals surface area (Å²) in [6.45, 7) is 4.70. The zero-order valence-electron chi connectivity index (χ0n) is 16.8. The third kappa shape index (κ3) is 4.54. The second-order valence-corrected chi connectivity index (χ2v) is 7.61.